The molecule has 21 heavy (non-hydrogen) atoms. The number of hydrogen-bond donors (Lipinski definition) is 2. The quantitative estimate of drug-likeness (QED) is 0.774. The number of fused-ring (bicyclic) bond motifs is 1. The van der Waals surface area contributed by atoms with Crippen LogP contribution in [0.4, 0.5) is 5.69 Å². The molecular weight excluding hydrogens is 266 g/mol. The van der Waals surface area contributed by atoms with Crippen molar-refractivity contribution in [3.8, 4) is 5.69 Å². The number of carbonyl (C=O) groups excluding carboxylic acids is 1. The summed E-state index contributed by atoms with van der Waals surface area (Å²) in [5, 5.41) is 11.8. The topological polar surface area (TPSA) is 67.2 Å². The highest BCUT2D eigenvalue weighted by Crippen LogP contribution is 2.19. The number of aromatic nitrogens is 2. The third-order valence-corrected chi connectivity index (χ3v) is 3.25. The van der Waals surface area contributed by atoms with Crippen molar-refractivity contribution in [2.45, 2.75) is 13.0 Å². The van der Waals surface area contributed by atoms with Crippen LogP contribution in [0.1, 0.15) is 6.92 Å². The van der Waals surface area contributed by atoms with E-state index in [0.717, 1.165) is 16.7 Å². The Hall–Kier alpha value is -2.66. The molecule has 0 radical (unpaired) electrons. The SMILES string of the molecule is CC(O)C(=O)Nc1ccc(-n2cnc3ccccc32)cc1. The number of nitrogens with zero attached hydrogens (tertiary/aromatic N) is 2. The first kappa shape index (κ1) is 13.3. The van der Waals surface area contributed by atoms with Crippen molar-refractivity contribution >= 4 is 22.6 Å². The van der Waals surface area contributed by atoms with Crippen molar-refractivity contribution in [2.24, 2.45) is 0 Å². The van der Waals surface area contributed by atoms with Crippen LogP contribution in [0.2, 0.25) is 0 Å². The highest BCUT2D eigenvalue weighted by Gasteiger charge is 2.09. The monoisotopic (exact) mass is 281 g/mol. The van der Waals surface area contributed by atoms with Gasteiger partial charge in [-0.2, -0.15) is 0 Å². The summed E-state index contributed by atoms with van der Waals surface area (Å²) in [5.41, 5.74) is 3.56. The van der Waals surface area contributed by atoms with Gasteiger partial charge in [-0.25, -0.2) is 4.98 Å². The van der Waals surface area contributed by atoms with E-state index in [9.17, 15) is 9.90 Å². The number of anilines is 1. The second-order valence-electron chi connectivity index (χ2n) is 4.82. The van der Waals surface area contributed by atoms with E-state index in [1.807, 2.05) is 41.0 Å². The van der Waals surface area contributed by atoms with Crippen molar-refractivity contribution < 1.29 is 9.90 Å². The average molecular weight is 281 g/mol. The second-order valence-corrected chi connectivity index (χ2v) is 4.82. The molecule has 3 rings (SSSR count). The van der Waals surface area contributed by atoms with Gasteiger partial charge < -0.3 is 10.4 Å². The molecule has 1 aromatic heterocycles. The Labute approximate surface area is 121 Å². The molecule has 0 aliphatic heterocycles. The molecule has 0 spiro atoms. The number of aliphatic hydroxyl groups excluding tert-OH is 1. The van der Waals surface area contributed by atoms with Crippen LogP contribution in [0.3, 0.4) is 0 Å². The van der Waals surface area contributed by atoms with Crippen LogP contribution in [0.5, 0.6) is 0 Å². The zero-order valence-corrected chi connectivity index (χ0v) is 11.5. The molecule has 5 nitrogen and oxygen atoms in total. The van der Waals surface area contributed by atoms with Gasteiger partial charge >= 0.3 is 0 Å². The van der Waals surface area contributed by atoms with Crippen molar-refractivity contribution in [3.05, 3.63) is 54.9 Å². The van der Waals surface area contributed by atoms with Crippen molar-refractivity contribution in [3.63, 3.8) is 0 Å². The van der Waals surface area contributed by atoms with Gasteiger partial charge in [0.25, 0.3) is 5.91 Å². The fourth-order valence-corrected chi connectivity index (χ4v) is 2.12. The van der Waals surface area contributed by atoms with E-state index in [1.54, 1.807) is 18.5 Å². The molecule has 0 aliphatic rings. The lowest BCUT2D eigenvalue weighted by Gasteiger charge is -2.09. The van der Waals surface area contributed by atoms with Crippen molar-refractivity contribution in [1.29, 1.82) is 0 Å². The highest BCUT2D eigenvalue weighted by atomic mass is 16.3. The molecule has 2 aromatic carbocycles. The van der Waals surface area contributed by atoms with Crippen LogP contribution in [0.15, 0.2) is 54.9 Å². The smallest absolute Gasteiger partial charge is 0.252 e. The van der Waals surface area contributed by atoms with Crippen LogP contribution >= 0.6 is 0 Å². The minimum atomic E-state index is -1.03. The predicted molar refractivity (Wildman–Crippen MR) is 81.4 cm³/mol. The lowest BCUT2D eigenvalue weighted by molar-refractivity contribution is -0.123. The highest BCUT2D eigenvalue weighted by molar-refractivity contribution is 5.93. The third-order valence-electron chi connectivity index (χ3n) is 3.25. The molecule has 3 aromatic rings. The molecule has 0 saturated carbocycles. The van der Waals surface area contributed by atoms with E-state index >= 15 is 0 Å². The molecule has 0 fully saturated rings. The van der Waals surface area contributed by atoms with E-state index in [1.165, 1.54) is 6.92 Å². The minimum absolute atomic E-state index is 0.421. The second kappa shape index (κ2) is 5.38. The largest absolute Gasteiger partial charge is 0.384 e. The fraction of sp³-hybridized carbons (Fsp3) is 0.125. The molecule has 106 valence electrons. The molecule has 1 amide bonds. The zero-order valence-electron chi connectivity index (χ0n) is 11.5. The third kappa shape index (κ3) is 2.64. The molecular formula is C16H15N3O2. The van der Waals surface area contributed by atoms with Gasteiger partial charge in [-0.05, 0) is 43.3 Å². The van der Waals surface area contributed by atoms with Gasteiger partial charge in [-0.15, -0.1) is 0 Å². The van der Waals surface area contributed by atoms with Gasteiger partial charge in [0.1, 0.15) is 12.4 Å². The predicted octanol–water partition coefficient (Wildman–Crippen LogP) is 2.34. The Kier molecular flexibility index (Phi) is 3.41. The summed E-state index contributed by atoms with van der Waals surface area (Å²) in [6.07, 6.45) is 0.746. The van der Waals surface area contributed by atoms with E-state index < -0.39 is 12.0 Å². The van der Waals surface area contributed by atoms with Crippen LogP contribution in [0.25, 0.3) is 16.7 Å². The Morgan fingerprint density at radius 3 is 2.62 bits per heavy atom. The Bertz CT molecular complexity index is 776. The minimum Gasteiger partial charge on any atom is -0.384 e. The van der Waals surface area contributed by atoms with E-state index in [0.29, 0.717) is 5.69 Å². The number of imidazole rings is 1. The summed E-state index contributed by atoms with van der Waals surface area (Å²) in [6.45, 7) is 1.43. The molecule has 0 saturated heterocycles. The van der Waals surface area contributed by atoms with Gasteiger partial charge in [0.2, 0.25) is 0 Å². The lowest BCUT2D eigenvalue weighted by Crippen LogP contribution is -2.24. The summed E-state index contributed by atoms with van der Waals surface area (Å²) in [4.78, 5) is 15.8. The summed E-state index contributed by atoms with van der Waals surface area (Å²) in [6, 6.07) is 15.3. The summed E-state index contributed by atoms with van der Waals surface area (Å²) >= 11 is 0. The summed E-state index contributed by atoms with van der Waals surface area (Å²) in [5.74, 6) is -0.421. The number of aliphatic hydroxyl groups is 1. The molecule has 1 heterocycles. The maximum Gasteiger partial charge on any atom is 0.252 e. The molecule has 1 unspecified atom stereocenters. The first-order valence-electron chi connectivity index (χ1n) is 6.66. The Balaban J connectivity index is 1.89. The number of rotatable bonds is 3. The molecule has 2 N–H and O–H groups in total. The van der Waals surface area contributed by atoms with Crippen LogP contribution in [0, 0.1) is 0 Å². The standard InChI is InChI=1S/C16H15N3O2/c1-11(20)16(21)18-12-6-8-13(9-7-12)19-10-17-14-4-2-3-5-15(14)19/h2-11,20H,1H3,(H,18,21). The number of hydrogen-bond acceptors (Lipinski definition) is 3. The van der Waals surface area contributed by atoms with E-state index in [4.69, 9.17) is 0 Å². The van der Waals surface area contributed by atoms with Gasteiger partial charge in [0.15, 0.2) is 0 Å². The first-order chi connectivity index (χ1) is 10.1. The van der Waals surface area contributed by atoms with Crippen molar-refractivity contribution in [1.82, 2.24) is 9.55 Å². The fourth-order valence-electron chi connectivity index (χ4n) is 2.12. The maximum atomic E-state index is 11.4. The van der Waals surface area contributed by atoms with E-state index in [2.05, 4.69) is 10.3 Å². The normalized spacial score (nSPS) is 12.3. The lowest BCUT2D eigenvalue weighted by atomic mass is 10.2. The van der Waals surface area contributed by atoms with Gasteiger partial charge in [-0.1, -0.05) is 12.1 Å². The van der Waals surface area contributed by atoms with Gasteiger partial charge in [-0.3, -0.25) is 9.36 Å². The first-order valence-corrected chi connectivity index (χ1v) is 6.66. The molecule has 1 atom stereocenters. The van der Waals surface area contributed by atoms with Crippen LogP contribution in [-0.2, 0) is 4.79 Å². The van der Waals surface area contributed by atoms with E-state index in [-0.39, 0.29) is 0 Å². The summed E-state index contributed by atoms with van der Waals surface area (Å²) in [7, 11) is 0. The Morgan fingerprint density at radius 2 is 1.90 bits per heavy atom. The number of carbonyl (C=O) groups is 1. The van der Waals surface area contributed by atoms with Gasteiger partial charge in [0, 0.05) is 11.4 Å². The van der Waals surface area contributed by atoms with Crippen molar-refractivity contribution in [2.75, 3.05) is 5.32 Å². The van der Waals surface area contributed by atoms with Crippen LogP contribution in [-0.4, -0.2) is 26.7 Å². The maximum absolute atomic E-state index is 11.4. The number of nitrogens with one attached hydrogen (secondary N) is 1. The van der Waals surface area contributed by atoms with Gasteiger partial charge in [0.05, 0.1) is 11.0 Å². The molecule has 0 bridgehead atoms. The average Bonchev–Trinajstić information content (AvgIpc) is 2.92. The summed E-state index contributed by atoms with van der Waals surface area (Å²) < 4.78 is 1.98. The number of para-hydroxylation sites is 2. The zero-order chi connectivity index (χ0) is 14.8. The molecule has 0 aliphatic carbocycles. The number of amides is 1. The molecule has 5 heteroatoms. The van der Waals surface area contributed by atoms with Crippen LogP contribution < -0.4 is 5.32 Å². The number of benzene rings is 2. The Morgan fingerprint density at radius 1 is 1.19 bits per heavy atom.